The summed E-state index contributed by atoms with van der Waals surface area (Å²) >= 11 is 0. The second-order valence-corrected chi connectivity index (χ2v) is 2.89. The second kappa shape index (κ2) is 4.70. The number of piperidine rings is 1. The highest BCUT2D eigenvalue weighted by Gasteiger charge is 2.21. The van der Waals surface area contributed by atoms with Crippen LogP contribution in [0.1, 0.15) is 26.2 Å². The minimum absolute atomic E-state index is 0.222. The molecule has 1 aliphatic heterocycles. The summed E-state index contributed by atoms with van der Waals surface area (Å²) in [6.45, 7) is 3.87. The molecule has 1 rings (SSSR count). The molecule has 0 amide bonds. The van der Waals surface area contributed by atoms with Crippen molar-refractivity contribution in [3.63, 3.8) is 0 Å². The summed E-state index contributed by atoms with van der Waals surface area (Å²) in [5.41, 5.74) is 0. The van der Waals surface area contributed by atoms with Crippen LogP contribution in [0.15, 0.2) is 0 Å². The van der Waals surface area contributed by atoms with Crippen LogP contribution in [0.5, 0.6) is 0 Å². The lowest BCUT2D eigenvalue weighted by molar-refractivity contribution is -0.201. The van der Waals surface area contributed by atoms with Crippen molar-refractivity contribution in [3.05, 3.63) is 0 Å². The number of aliphatic hydroxyl groups is 1. The van der Waals surface area contributed by atoms with Gasteiger partial charge in [0.15, 0.2) is 0 Å². The highest BCUT2D eigenvalue weighted by Crippen LogP contribution is 2.16. The van der Waals surface area contributed by atoms with Crippen molar-refractivity contribution in [1.29, 1.82) is 0 Å². The molecule has 3 nitrogen and oxygen atoms in total. The Morgan fingerprint density at radius 3 is 3.00 bits per heavy atom. The average Bonchev–Trinajstić information content (AvgIpc) is 2.06. The standard InChI is InChI=1S/C8H17NO2/c1-2-11-9-6-4-3-5-8(9)7-10/h8,10H,2-7H2,1H3. The topological polar surface area (TPSA) is 32.7 Å². The van der Waals surface area contributed by atoms with Crippen LogP contribution in [0.25, 0.3) is 0 Å². The molecule has 66 valence electrons. The van der Waals surface area contributed by atoms with Gasteiger partial charge in [0.05, 0.1) is 19.3 Å². The molecule has 1 aliphatic rings. The Balaban J connectivity index is 2.31. The third-order valence-corrected chi connectivity index (χ3v) is 2.08. The molecule has 1 fully saturated rings. The fourth-order valence-corrected chi connectivity index (χ4v) is 1.49. The van der Waals surface area contributed by atoms with Crippen LogP contribution < -0.4 is 0 Å². The summed E-state index contributed by atoms with van der Waals surface area (Å²) in [7, 11) is 0. The molecule has 0 aromatic carbocycles. The quantitative estimate of drug-likeness (QED) is 0.660. The fraction of sp³-hybridized carbons (Fsp3) is 1.00. The summed E-state index contributed by atoms with van der Waals surface area (Å²) in [6, 6.07) is 0.240. The Labute approximate surface area is 67.9 Å². The maximum Gasteiger partial charge on any atom is 0.0657 e. The van der Waals surface area contributed by atoms with Crippen LogP contribution >= 0.6 is 0 Å². The first kappa shape index (κ1) is 8.97. The van der Waals surface area contributed by atoms with Gasteiger partial charge in [-0.15, -0.1) is 0 Å². The van der Waals surface area contributed by atoms with E-state index < -0.39 is 0 Å². The van der Waals surface area contributed by atoms with Crippen LogP contribution in [0.4, 0.5) is 0 Å². The molecule has 0 radical (unpaired) electrons. The summed E-state index contributed by atoms with van der Waals surface area (Å²) in [6.07, 6.45) is 3.47. The Bertz CT molecular complexity index is 106. The fourth-order valence-electron chi connectivity index (χ4n) is 1.49. The minimum atomic E-state index is 0.222. The van der Waals surface area contributed by atoms with Crippen LogP contribution in [-0.2, 0) is 4.84 Å². The van der Waals surface area contributed by atoms with Crippen molar-refractivity contribution < 1.29 is 9.94 Å². The van der Waals surface area contributed by atoms with Gasteiger partial charge in [0.2, 0.25) is 0 Å². The summed E-state index contributed by atoms with van der Waals surface area (Å²) in [5.74, 6) is 0. The number of hydrogen-bond donors (Lipinski definition) is 1. The molecule has 1 heterocycles. The van der Waals surface area contributed by atoms with Gasteiger partial charge in [0.1, 0.15) is 0 Å². The molecular weight excluding hydrogens is 142 g/mol. The van der Waals surface area contributed by atoms with Gasteiger partial charge in [-0.2, -0.15) is 5.06 Å². The number of nitrogens with zero attached hydrogens (tertiary/aromatic N) is 1. The van der Waals surface area contributed by atoms with Crippen molar-refractivity contribution in [1.82, 2.24) is 5.06 Å². The van der Waals surface area contributed by atoms with E-state index in [2.05, 4.69) is 0 Å². The van der Waals surface area contributed by atoms with Gasteiger partial charge >= 0.3 is 0 Å². The molecule has 1 saturated heterocycles. The third kappa shape index (κ3) is 2.43. The Hall–Kier alpha value is -0.120. The molecule has 0 aromatic rings. The lowest BCUT2D eigenvalue weighted by atomic mass is 10.1. The second-order valence-electron chi connectivity index (χ2n) is 2.89. The zero-order chi connectivity index (χ0) is 8.10. The van der Waals surface area contributed by atoms with Crippen LogP contribution in [0.2, 0.25) is 0 Å². The summed E-state index contributed by atoms with van der Waals surface area (Å²) in [5, 5.41) is 10.9. The van der Waals surface area contributed by atoms with Gasteiger partial charge in [-0.3, -0.25) is 4.84 Å². The van der Waals surface area contributed by atoms with Crippen LogP contribution in [0, 0.1) is 0 Å². The van der Waals surface area contributed by atoms with E-state index in [0.717, 1.165) is 13.0 Å². The molecule has 11 heavy (non-hydrogen) atoms. The first-order valence-electron chi connectivity index (χ1n) is 4.39. The first-order valence-corrected chi connectivity index (χ1v) is 4.39. The van der Waals surface area contributed by atoms with E-state index in [1.165, 1.54) is 12.8 Å². The molecule has 1 atom stereocenters. The largest absolute Gasteiger partial charge is 0.395 e. The Morgan fingerprint density at radius 2 is 2.36 bits per heavy atom. The van der Waals surface area contributed by atoms with Crippen molar-refractivity contribution in [3.8, 4) is 0 Å². The highest BCUT2D eigenvalue weighted by atomic mass is 16.7. The van der Waals surface area contributed by atoms with E-state index in [0.29, 0.717) is 6.61 Å². The molecule has 0 bridgehead atoms. The van der Waals surface area contributed by atoms with Crippen LogP contribution in [-0.4, -0.2) is 36.0 Å². The van der Waals surface area contributed by atoms with Crippen molar-refractivity contribution >= 4 is 0 Å². The lowest BCUT2D eigenvalue weighted by Crippen LogP contribution is -2.41. The number of hydroxylamine groups is 2. The number of rotatable bonds is 3. The summed E-state index contributed by atoms with van der Waals surface area (Å²) in [4.78, 5) is 5.36. The predicted octanol–water partition coefficient (Wildman–Crippen LogP) is 0.785. The zero-order valence-electron chi connectivity index (χ0n) is 7.12. The molecule has 1 unspecified atom stereocenters. The van der Waals surface area contributed by atoms with Gasteiger partial charge < -0.3 is 5.11 Å². The average molecular weight is 159 g/mol. The van der Waals surface area contributed by atoms with E-state index in [9.17, 15) is 0 Å². The van der Waals surface area contributed by atoms with Crippen LogP contribution in [0.3, 0.4) is 0 Å². The summed E-state index contributed by atoms with van der Waals surface area (Å²) < 4.78 is 0. The Kier molecular flexibility index (Phi) is 3.83. The van der Waals surface area contributed by atoms with E-state index in [4.69, 9.17) is 9.94 Å². The molecule has 0 aromatic heterocycles. The molecule has 1 N–H and O–H groups in total. The molecule has 0 spiro atoms. The van der Waals surface area contributed by atoms with Gasteiger partial charge in [0, 0.05) is 6.54 Å². The molecule has 0 aliphatic carbocycles. The first-order chi connectivity index (χ1) is 5.38. The van der Waals surface area contributed by atoms with Gasteiger partial charge in [0.25, 0.3) is 0 Å². The van der Waals surface area contributed by atoms with Gasteiger partial charge in [-0.1, -0.05) is 6.42 Å². The van der Waals surface area contributed by atoms with Crippen molar-refractivity contribution in [2.24, 2.45) is 0 Å². The molecular formula is C8H17NO2. The highest BCUT2D eigenvalue weighted by molar-refractivity contribution is 4.70. The van der Waals surface area contributed by atoms with Crippen molar-refractivity contribution in [2.75, 3.05) is 19.8 Å². The van der Waals surface area contributed by atoms with Crippen molar-refractivity contribution in [2.45, 2.75) is 32.2 Å². The predicted molar refractivity (Wildman–Crippen MR) is 43.1 cm³/mol. The van der Waals surface area contributed by atoms with Gasteiger partial charge in [-0.05, 0) is 19.8 Å². The van der Waals surface area contributed by atoms with E-state index >= 15 is 0 Å². The smallest absolute Gasteiger partial charge is 0.0657 e. The maximum absolute atomic E-state index is 8.97. The lowest BCUT2D eigenvalue weighted by Gasteiger charge is -2.32. The molecule has 3 heteroatoms. The number of aliphatic hydroxyl groups excluding tert-OH is 1. The van der Waals surface area contributed by atoms with Gasteiger partial charge in [-0.25, -0.2) is 0 Å². The third-order valence-electron chi connectivity index (χ3n) is 2.08. The maximum atomic E-state index is 8.97. The minimum Gasteiger partial charge on any atom is -0.395 e. The monoisotopic (exact) mass is 159 g/mol. The van der Waals surface area contributed by atoms with E-state index in [1.807, 2.05) is 12.0 Å². The Morgan fingerprint density at radius 1 is 1.55 bits per heavy atom. The molecule has 0 saturated carbocycles. The SMILES string of the molecule is CCON1CCCCC1CO. The van der Waals surface area contributed by atoms with E-state index in [1.54, 1.807) is 0 Å². The van der Waals surface area contributed by atoms with E-state index in [-0.39, 0.29) is 12.6 Å². The number of hydrogen-bond acceptors (Lipinski definition) is 3. The zero-order valence-corrected chi connectivity index (χ0v) is 7.12. The normalized spacial score (nSPS) is 27.3.